The maximum absolute atomic E-state index is 11.9. The Morgan fingerprint density at radius 1 is 0.968 bits per heavy atom. The highest BCUT2D eigenvalue weighted by Crippen LogP contribution is 2.63. The summed E-state index contributed by atoms with van der Waals surface area (Å²) in [6.07, 6.45) is 10.0. The number of benzene rings is 4. The van der Waals surface area contributed by atoms with Crippen molar-refractivity contribution in [2.45, 2.75) is 80.3 Å². The van der Waals surface area contributed by atoms with Gasteiger partial charge in [-0.15, -0.1) is 18.3 Å². The Morgan fingerprint density at radius 2 is 1.71 bits per heavy atom. The van der Waals surface area contributed by atoms with E-state index in [0.29, 0.717) is 60.1 Å². The van der Waals surface area contributed by atoms with Gasteiger partial charge in [0.05, 0.1) is 36.2 Å². The first-order valence-corrected chi connectivity index (χ1v) is 22.3. The summed E-state index contributed by atoms with van der Waals surface area (Å²) in [4.78, 5) is 31.0. The molecule has 4 aromatic carbocycles. The second-order valence-electron chi connectivity index (χ2n) is 16.0. The van der Waals surface area contributed by atoms with E-state index in [2.05, 4.69) is 24.0 Å². The van der Waals surface area contributed by atoms with Crippen LogP contribution in [0.25, 0.3) is 0 Å². The molecule has 11 nitrogen and oxygen atoms in total. The number of fused-ring (bicyclic) bond motifs is 2. The Hall–Kier alpha value is -5.40. The smallest absolute Gasteiger partial charge is 0.231 e. The van der Waals surface area contributed by atoms with Crippen LogP contribution in [0.5, 0.6) is 23.0 Å². The average Bonchev–Trinajstić information content (AvgIpc) is 3.28. The van der Waals surface area contributed by atoms with Gasteiger partial charge in [-0.25, -0.2) is 0 Å². The van der Waals surface area contributed by atoms with Crippen LogP contribution in [0, 0.1) is 17.8 Å². The monoisotopic (exact) mass is 860 g/mol. The zero-order valence-electron chi connectivity index (χ0n) is 35.4. The van der Waals surface area contributed by atoms with Crippen LogP contribution >= 0.6 is 11.8 Å². The minimum Gasteiger partial charge on any atom is -0.496 e. The van der Waals surface area contributed by atoms with Gasteiger partial charge in [0.2, 0.25) is 11.7 Å². The Bertz CT molecular complexity index is 2230. The molecule has 1 amide bonds. The summed E-state index contributed by atoms with van der Waals surface area (Å²) in [6, 6.07) is 28.8. The molecule has 326 valence electrons. The van der Waals surface area contributed by atoms with E-state index < -0.39 is 5.79 Å². The first-order chi connectivity index (χ1) is 30.3. The van der Waals surface area contributed by atoms with Crippen molar-refractivity contribution in [3.05, 3.63) is 132 Å². The summed E-state index contributed by atoms with van der Waals surface area (Å²) in [5.74, 6) is 0.551. The first-order valence-electron chi connectivity index (χ1n) is 21.4. The van der Waals surface area contributed by atoms with Crippen molar-refractivity contribution >= 4 is 35.4 Å². The predicted molar refractivity (Wildman–Crippen MR) is 241 cm³/mol. The molecule has 0 saturated heterocycles. The maximum atomic E-state index is 11.9. The van der Waals surface area contributed by atoms with Crippen LogP contribution < -0.4 is 19.5 Å². The molecule has 0 aromatic heterocycles. The SMILES string of the molecule is C=CCO[C@@]12Oc3ccc(Oc4ccc(OC)c(C=O)c4)cc3[C@H]3[C@H](CCCCO)[C@@H](CCCCO)C=C(C(=NOCc4ccccc4)C[C@@H]1Sc1ccc(NC(C)=O)cc1)[C@H]32. The lowest BCUT2D eigenvalue weighted by molar-refractivity contribution is -0.223. The second kappa shape index (κ2) is 21.1. The molecular weight excluding hydrogens is 805 g/mol. The number of aldehydes is 1. The molecule has 0 spiro atoms. The summed E-state index contributed by atoms with van der Waals surface area (Å²) < 4.78 is 26.3. The van der Waals surface area contributed by atoms with Crippen molar-refractivity contribution in [3.63, 3.8) is 0 Å². The number of aliphatic hydroxyl groups is 2. The quantitative estimate of drug-likeness (QED) is 0.0321. The third-order valence-electron chi connectivity index (χ3n) is 11.9. The highest BCUT2D eigenvalue weighted by Gasteiger charge is 2.64. The van der Waals surface area contributed by atoms with Crippen LogP contribution in [0.1, 0.15) is 79.3 Å². The molecule has 1 heterocycles. The molecule has 3 N–H and O–H groups in total. The molecule has 1 saturated carbocycles. The van der Waals surface area contributed by atoms with Crippen LogP contribution in [0.3, 0.4) is 0 Å². The molecule has 1 fully saturated rings. The van der Waals surface area contributed by atoms with Crippen molar-refractivity contribution in [3.8, 4) is 23.0 Å². The minimum absolute atomic E-state index is 0.0911. The van der Waals surface area contributed by atoms with Crippen LogP contribution in [-0.2, 0) is 21.0 Å². The number of nitrogens with zero attached hydrogens (tertiary/aromatic N) is 1. The fraction of sp³-hybridized carbons (Fsp3) is 0.380. The molecule has 0 bridgehead atoms. The maximum Gasteiger partial charge on any atom is 0.231 e. The first kappa shape index (κ1) is 44.6. The fourth-order valence-corrected chi connectivity index (χ4v) is 10.5. The number of allylic oxidation sites excluding steroid dienone is 1. The van der Waals surface area contributed by atoms with Gasteiger partial charge in [-0.1, -0.05) is 60.5 Å². The van der Waals surface area contributed by atoms with E-state index in [9.17, 15) is 19.8 Å². The molecule has 0 radical (unpaired) electrons. The molecular formula is C50H56N2O9S. The third-order valence-corrected chi connectivity index (χ3v) is 13.2. The van der Waals surface area contributed by atoms with Gasteiger partial charge < -0.3 is 39.3 Å². The van der Waals surface area contributed by atoms with Crippen molar-refractivity contribution in [2.75, 3.05) is 32.2 Å². The lowest BCUT2D eigenvalue weighted by Gasteiger charge is -2.58. The Balaban J connectivity index is 1.39. The Kier molecular flexibility index (Phi) is 15.2. The van der Waals surface area contributed by atoms with Gasteiger partial charge in [0.25, 0.3) is 0 Å². The number of unbranched alkanes of at least 4 members (excludes halogenated alkanes) is 2. The number of thioether (sulfide) groups is 1. The van der Waals surface area contributed by atoms with E-state index in [4.69, 9.17) is 28.9 Å². The highest BCUT2D eigenvalue weighted by molar-refractivity contribution is 8.00. The van der Waals surface area contributed by atoms with Crippen LogP contribution in [0.2, 0.25) is 0 Å². The lowest BCUT2D eigenvalue weighted by atomic mass is 9.56. The predicted octanol–water partition coefficient (Wildman–Crippen LogP) is 9.88. The van der Waals surface area contributed by atoms with Crippen molar-refractivity contribution in [2.24, 2.45) is 22.9 Å². The van der Waals surface area contributed by atoms with Crippen molar-refractivity contribution in [1.82, 2.24) is 0 Å². The van der Waals surface area contributed by atoms with E-state index in [0.717, 1.165) is 59.3 Å². The van der Waals surface area contributed by atoms with Gasteiger partial charge >= 0.3 is 0 Å². The number of oxime groups is 1. The second-order valence-corrected chi connectivity index (χ2v) is 17.2. The van der Waals surface area contributed by atoms with Gasteiger partial charge in [0, 0.05) is 48.6 Å². The number of anilines is 1. The van der Waals surface area contributed by atoms with E-state index in [1.807, 2.05) is 66.7 Å². The third kappa shape index (κ3) is 10.1. The number of carbonyl (C=O) groups is 2. The van der Waals surface area contributed by atoms with Crippen LogP contribution in [0.15, 0.2) is 125 Å². The molecule has 62 heavy (non-hydrogen) atoms. The zero-order valence-corrected chi connectivity index (χ0v) is 36.2. The van der Waals surface area contributed by atoms with Gasteiger partial charge in [-0.3, -0.25) is 9.59 Å². The number of carbonyl (C=O) groups excluding carboxylic acids is 2. The number of hydrogen-bond acceptors (Lipinski definition) is 11. The Labute approximate surface area is 368 Å². The highest BCUT2D eigenvalue weighted by atomic mass is 32.2. The number of aliphatic hydroxyl groups excluding tert-OH is 2. The Morgan fingerprint density at radius 3 is 2.42 bits per heavy atom. The molecule has 4 aromatic rings. The van der Waals surface area contributed by atoms with Gasteiger partial charge in [-0.05, 0) is 109 Å². The summed E-state index contributed by atoms with van der Waals surface area (Å²) in [5, 5.41) is 27.4. The summed E-state index contributed by atoms with van der Waals surface area (Å²) in [5.41, 5.74) is 4.89. The summed E-state index contributed by atoms with van der Waals surface area (Å²) >= 11 is 1.64. The van der Waals surface area contributed by atoms with Crippen molar-refractivity contribution < 1.29 is 43.6 Å². The summed E-state index contributed by atoms with van der Waals surface area (Å²) in [6.45, 7) is 6.27. The number of methoxy groups -OCH3 is 1. The molecule has 3 aliphatic rings. The molecule has 7 rings (SSSR count). The molecule has 2 aliphatic carbocycles. The lowest BCUT2D eigenvalue weighted by Crippen LogP contribution is -2.64. The number of ether oxygens (including phenoxy) is 4. The largest absolute Gasteiger partial charge is 0.496 e. The molecule has 12 heteroatoms. The van der Waals surface area contributed by atoms with E-state index in [1.165, 1.54) is 14.0 Å². The summed E-state index contributed by atoms with van der Waals surface area (Å²) in [7, 11) is 1.52. The number of nitrogens with one attached hydrogen (secondary N) is 1. The average molecular weight is 861 g/mol. The number of hydrogen-bond donors (Lipinski definition) is 3. The zero-order chi connectivity index (χ0) is 43.5. The van der Waals surface area contributed by atoms with Gasteiger partial charge in [0.15, 0.2) is 6.29 Å². The minimum atomic E-state index is -1.19. The van der Waals surface area contributed by atoms with Gasteiger partial charge in [0.1, 0.15) is 29.6 Å². The van der Waals surface area contributed by atoms with Crippen LogP contribution in [-0.4, -0.2) is 66.1 Å². The van der Waals surface area contributed by atoms with Crippen LogP contribution in [0.4, 0.5) is 5.69 Å². The standard InChI is InChI=1S/C50H56N2O9S/c1-4-26-58-50-47(62-40-20-16-37(17-21-40)51-33(2)56)30-44(52-59-32-34-12-6-5-7-13-34)42-28-35(14-8-10-24-53)41(15-9-11-25-54)48(49(42)50)43-29-39(19-23-46(43)61-50)60-38-18-22-45(57-3)36(27-38)31-55/h4-7,12-13,16-23,27-29,31,35,41,47-49,53-54H,1,8-11,14-15,24-26,30,32H2,2-3H3,(H,51,56)/t35-,41+,47-,48+,49+,50+/m0/s1. The van der Waals surface area contributed by atoms with E-state index in [1.54, 1.807) is 36.0 Å². The fourth-order valence-electron chi connectivity index (χ4n) is 9.24. The number of rotatable bonds is 21. The number of amides is 1. The normalized spacial score (nSPS) is 22.9. The molecule has 0 unspecified atom stereocenters. The topological polar surface area (TPSA) is 145 Å². The molecule has 6 atom stereocenters. The van der Waals surface area contributed by atoms with E-state index in [-0.39, 0.29) is 54.6 Å². The molecule has 1 aliphatic heterocycles. The van der Waals surface area contributed by atoms with Crippen molar-refractivity contribution in [1.29, 1.82) is 0 Å². The van der Waals surface area contributed by atoms with E-state index >= 15 is 0 Å². The van der Waals surface area contributed by atoms with Gasteiger partial charge in [-0.2, -0.15) is 0 Å².